The van der Waals surface area contributed by atoms with Gasteiger partial charge in [0.25, 0.3) is 0 Å². The van der Waals surface area contributed by atoms with Crippen molar-refractivity contribution >= 4 is 22.8 Å². The van der Waals surface area contributed by atoms with Crippen LogP contribution in [0.1, 0.15) is 6.92 Å². The van der Waals surface area contributed by atoms with Crippen molar-refractivity contribution in [2.24, 2.45) is 7.05 Å². The summed E-state index contributed by atoms with van der Waals surface area (Å²) in [6.45, 7) is 4.24. The fourth-order valence-electron chi connectivity index (χ4n) is 3.41. The Kier molecular flexibility index (Phi) is 4.06. The Morgan fingerprint density at radius 1 is 1.15 bits per heavy atom. The number of para-hydroxylation sites is 2. The van der Waals surface area contributed by atoms with E-state index in [1.165, 1.54) is 6.20 Å². The van der Waals surface area contributed by atoms with Gasteiger partial charge >= 0.3 is 0 Å². The monoisotopic (exact) mass is 353 g/mol. The van der Waals surface area contributed by atoms with Gasteiger partial charge in [0.1, 0.15) is 11.6 Å². The van der Waals surface area contributed by atoms with E-state index in [4.69, 9.17) is 0 Å². The highest BCUT2D eigenvalue weighted by molar-refractivity contribution is 5.81. The van der Waals surface area contributed by atoms with Crippen molar-refractivity contribution in [2.45, 2.75) is 6.92 Å². The predicted octanol–water partition coefficient (Wildman–Crippen LogP) is 2.44. The Hall–Kier alpha value is -2.96. The van der Waals surface area contributed by atoms with Crippen molar-refractivity contribution in [1.29, 1.82) is 0 Å². The molecule has 134 valence electrons. The molecule has 0 spiro atoms. The van der Waals surface area contributed by atoms with Gasteiger partial charge in [-0.05, 0) is 18.2 Å². The second kappa shape index (κ2) is 6.40. The third kappa shape index (κ3) is 2.79. The number of benzene rings is 1. The zero-order valence-corrected chi connectivity index (χ0v) is 14.8. The minimum atomic E-state index is -0.394. The molecule has 0 N–H and O–H groups in total. The molecule has 0 saturated carbocycles. The second-order valence-electron chi connectivity index (χ2n) is 6.50. The van der Waals surface area contributed by atoms with Crippen LogP contribution in [-0.2, 0) is 11.8 Å². The summed E-state index contributed by atoms with van der Waals surface area (Å²) in [5.74, 6) is 0.970. The second-order valence-corrected chi connectivity index (χ2v) is 6.50. The number of pyridine rings is 1. The highest BCUT2D eigenvalue weighted by Gasteiger charge is 2.22. The van der Waals surface area contributed by atoms with E-state index in [0.717, 1.165) is 11.0 Å². The van der Waals surface area contributed by atoms with Crippen molar-refractivity contribution in [2.75, 3.05) is 31.1 Å². The topological polar surface area (TPSA) is 54.3 Å². The molecular weight excluding hydrogens is 333 g/mol. The zero-order valence-electron chi connectivity index (χ0n) is 14.8. The molecule has 2 aromatic heterocycles. The van der Waals surface area contributed by atoms with Crippen LogP contribution in [0.4, 0.5) is 10.2 Å². The standard InChI is InChI=1S/C19H20FN5O/c1-13(26)24-7-9-25(10-8-24)18-11-14(15(20)12-21-18)19-22-16-5-3-4-6-17(16)23(19)2/h3-6,11-12H,7-10H2,1-2H3. The van der Waals surface area contributed by atoms with Gasteiger partial charge in [-0.2, -0.15) is 0 Å². The number of rotatable bonds is 2. The number of fused-ring (bicyclic) bond motifs is 1. The molecule has 3 aromatic rings. The van der Waals surface area contributed by atoms with Crippen molar-refractivity contribution in [3.05, 3.63) is 42.3 Å². The van der Waals surface area contributed by atoms with E-state index in [9.17, 15) is 9.18 Å². The molecule has 6 nitrogen and oxygen atoms in total. The molecular formula is C19H20FN5O. The molecule has 0 radical (unpaired) electrons. The molecule has 7 heteroatoms. The van der Waals surface area contributed by atoms with Gasteiger partial charge in [0, 0.05) is 40.2 Å². The van der Waals surface area contributed by atoms with Crippen molar-refractivity contribution < 1.29 is 9.18 Å². The summed E-state index contributed by atoms with van der Waals surface area (Å²) in [6.07, 6.45) is 1.25. The smallest absolute Gasteiger partial charge is 0.219 e. The van der Waals surface area contributed by atoms with Crippen LogP contribution < -0.4 is 4.90 Å². The molecule has 1 aromatic carbocycles. The molecule has 4 rings (SSSR count). The van der Waals surface area contributed by atoms with E-state index in [2.05, 4.69) is 14.9 Å². The summed E-state index contributed by atoms with van der Waals surface area (Å²) in [5, 5.41) is 0. The predicted molar refractivity (Wildman–Crippen MR) is 98.4 cm³/mol. The number of nitrogens with zero attached hydrogens (tertiary/aromatic N) is 5. The molecule has 26 heavy (non-hydrogen) atoms. The maximum atomic E-state index is 14.5. The first-order valence-electron chi connectivity index (χ1n) is 8.62. The molecule has 3 heterocycles. The fraction of sp³-hybridized carbons (Fsp3) is 0.316. The molecule has 0 bridgehead atoms. The lowest BCUT2D eigenvalue weighted by Crippen LogP contribution is -2.48. The Balaban J connectivity index is 1.69. The minimum absolute atomic E-state index is 0.0807. The number of carbonyl (C=O) groups is 1. The van der Waals surface area contributed by atoms with E-state index in [0.29, 0.717) is 43.4 Å². The van der Waals surface area contributed by atoms with Crippen LogP contribution in [0, 0.1) is 5.82 Å². The van der Waals surface area contributed by atoms with E-state index in [1.54, 1.807) is 13.0 Å². The lowest BCUT2D eigenvalue weighted by molar-refractivity contribution is -0.129. The summed E-state index contributed by atoms with van der Waals surface area (Å²) in [6, 6.07) is 9.49. The number of aryl methyl sites for hydroxylation is 1. The Bertz CT molecular complexity index is 975. The summed E-state index contributed by atoms with van der Waals surface area (Å²) in [4.78, 5) is 24.2. The molecule has 1 amide bonds. The largest absolute Gasteiger partial charge is 0.353 e. The third-order valence-corrected chi connectivity index (χ3v) is 4.92. The maximum absolute atomic E-state index is 14.5. The number of aromatic nitrogens is 3. The molecule has 0 aliphatic carbocycles. The normalized spacial score (nSPS) is 14.9. The summed E-state index contributed by atoms with van der Waals surface area (Å²) < 4.78 is 16.4. The van der Waals surface area contributed by atoms with Crippen LogP contribution in [0.25, 0.3) is 22.4 Å². The van der Waals surface area contributed by atoms with Crippen LogP contribution in [0.15, 0.2) is 36.5 Å². The maximum Gasteiger partial charge on any atom is 0.219 e. The van der Waals surface area contributed by atoms with Gasteiger partial charge in [0.2, 0.25) is 5.91 Å². The zero-order chi connectivity index (χ0) is 18.3. The van der Waals surface area contributed by atoms with Crippen LogP contribution >= 0.6 is 0 Å². The molecule has 1 saturated heterocycles. The van der Waals surface area contributed by atoms with E-state index in [-0.39, 0.29) is 5.91 Å². The quantitative estimate of drug-likeness (QED) is 0.710. The highest BCUT2D eigenvalue weighted by atomic mass is 19.1. The van der Waals surface area contributed by atoms with Crippen LogP contribution in [0.5, 0.6) is 0 Å². The van der Waals surface area contributed by atoms with Crippen molar-refractivity contribution in [3.8, 4) is 11.4 Å². The third-order valence-electron chi connectivity index (χ3n) is 4.92. The molecule has 0 unspecified atom stereocenters. The SMILES string of the molecule is CC(=O)N1CCN(c2cc(-c3nc4ccccc4n3C)c(F)cn2)CC1. The average Bonchev–Trinajstić information content (AvgIpc) is 2.99. The van der Waals surface area contributed by atoms with E-state index < -0.39 is 5.82 Å². The van der Waals surface area contributed by atoms with Crippen LogP contribution in [0.2, 0.25) is 0 Å². The number of carbonyl (C=O) groups excluding carboxylic acids is 1. The van der Waals surface area contributed by atoms with Gasteiger partial charge in [-0.1, -0.05) is 12.1 Å². The lowest BCUT2D eigenvalue weighted by Gasteiger charge is -2.35. The van der Waals surface area contributed by atoms with Crippen LogP contribution in [0.3, 0.4) is 0 Å². The summed E-state index contributed by atoms with van der Waals surface area (Å²) in [5.41, 5.74) is 2.22. The Labute approximate surface area is 150 Å². The summed E-state index contributed by atoms with van der Waals surface area (Å²) >= 11 is 0. The van der Waals surface area contributed by atoms with Gasteiger partial charge in [-0.3, -0.25) is 4.79 Å². The molecule has 1 fully saturated rings. The first kappa shape index (κ1) is 16.5. The first-order chi connectivity index (χ1) is 12.5. The fourth-order valence-corrected chi connectivity index (χ4v) is 3.41. The van der Waals surface area contributed by atoms with Gasteiger partial charge in [0.15, 0.2) is 5.82 Å². The van der Waals surface area contributed by atoms with Gasteiger partial charge in [0.05, 0.1) is 22.8 Å². The molecule has 1 aliphatic rings. The minimum Gasteiger partial charge on any atom is -0.353 e. The average molecular weight is 353 g/mol. The van der Waals surface area contributed by atoms with Gasteiger partial charge < -0.3 is 14.4 Å². The number of imidazole rings is 1. The van der Waals surface area contributed by atoms with E-state index in [1.807, 2.05) is 40.8 Å². The number of hydrogen-bond acceptors (Lipinski definition) is 4. The Morgan fingerprint density at radius 2 is 1.88 bits per heavy atom. The number of amides is 1. The summed E-state index contributed by atoms with van der Waals surface area (Å²) in [7, 11) is 1.88. The molecule has 1 aliphatic heterocycles. The van der Waals surface area contributed by atoms with Gasteiger partial charge in [-0.15, -0.1) is 0 Å². The van der Waals surface area contributed by atoms with Crippen LogP contribution in [-0.4, -0.2) is 51.5 Å². The van der Waals surface area contributed by atoms with Crippen molar-refractivity contribution in [1.82, 2.24) is 19.4 Å². The van der Waals surface area contributed by atoms with Gasteiger partial charge in [-0.25, -0.2) is 14.4 Å². The number of hydrogen-bond donors (Lipinski definition) is 0. The Morgan fingerprint density at radius 3 is 2.58 bits per heavy atom. The van der Waals surface area contributed by atoms with E-state index >= 15 is 0 Å². The number of halogens is 1. The van der Waals surface area contributed by atoms with Crippen molar-refractivity contribution in [3.63, 3.8) is 0 Å². The molecule has 0 atom stereocenters. The first-order valence-corrected chi connectivity index (χ1v) is 8.62. The number of piperazine rings is 1. The highest BCUT2D eigenvalue weighted by Crippen LogP contribution is 2.28. The number of anilines is 1. The lowest BCUT2D eigenvalue weighted by atomic mass is 10.2.